The molecule has 6 nitrogen and oxygen atoms in total. The third kappa shape index (κ3) is 3.65. The van der Waals surface area contributed by atoms with Crippen LogP contribution in [0, 0.1) is 5.92 Å². The molecule has 5 rings (SSSR count). The van der Waals surface area contributed by atoms with E-state index in [9.17, 15) is 0 Å². The summed E-state index contributed by atoms with van der Waals surface area (Å²) < 4.78 is 0. The molecule has 0 spiro atoms. The van der Waals surface area contributed by atoms with Gasteiger partial charge in [0.15, 0.2) is 0 Å². The maximum Gasteiger partial charge on any atom is 0.148 e. The molecule has 6 heteroatoms. The van der Waals surface area contributed by atoms with Crippen molar-refractivity contribution in [2.24, 2.45) is 5.92 Å². The third-order valence-electron chi connectivity index (χ3n) is 9.05. The van der Waals surface area contributed by atoms with E-state index in [0.717, 1.165) is 25.6 Å². The van der Waals surface area contributed by atoms with E-state index in [-0.39, 0.29) is 11.3 Å². The van der Waals surface area contributed by atoms with Crippen LogP contribution in [-0.4, -0.2) is 98.0 Å². The molecule has 2 atom stereocenters. The Morgan fingerprint density at radius 2 is 1.13 bits per heavy atom. The van der Waals surface area contributed by atoms with Gasteiger partial charge >= 0.3 is 0 Å². The number of hydrogen-bond donors (Lipinski definition) is 3. The fourth-order valence-electron chi connectivity index (χ4n) is 7.88. The molecular weight excluding hydrogens is 372 g/mol. The topological polar surface area (TPSA) is 45.8 Å². The van der Waals surface area contributed by atoms with Gasteiger partial charge < -0.3 is 10.6 Å². The first-order valence-electron chi connectivity index (χ1n) is 13.3. The lowest BCUT2D eigenvalue weighted by molar-refractivity contribution is -0.192. The van der Waals surface area contributed by atoms with Crippen molar-refractivity contribution < 1.29 is 0 Å². The zero-order chi connectivity index (χ0) is 20.3. The lowest BCUT2D eigenvalue weighted by Gasteiger charge is -2.64. The lowest BCUT2D eigenvalue weighted by Crippen LogP contribution is -2.83. The molecule has 0 aromatic rings. The number of likely N-dealkylation sites (tertiary alicyclic amines) is 1. The molecule has 1 saturated carbocycles. The summed E-state index contributed by atoms with van der Waals surface area (Å²) in [4.78, 5) is 8.87. The Kier molecular flexibility index (Phi) is 6.99. The van der Waals surface area contributed by atoms with E-state index >= 15 is 0 Å². The Bertz CT molecular complexity index is 512. The van der Waals surface area contributed by atoms with Gasteiger partial charge in [-0.3, -0.25) is 20.0 Å². The van der Waals surface area contributed by atoms with Crippen molar-refractivity contribution >= 4 is 0 Å². The highest BCUT2D eigenvalue weighted by Crippen LogP contribution is 2.51. The summed E-state index contributed by atoms with van der Waals surface area (Å²) in [7, 11) is 0. The van der Waals surface area contributed by atoms with Crippen LogP contribution in [0.2, 0.25) is 0 Å². The van der Waals surface area contributed by atoms with Gasteiger partial charge in [0.2, 0.25) is 0 Å². The summed E-state index contributed by atoms with van der Waals surface area (Å²) in [6.45, 7) is 13.2. The van der Waals surface area contributed by atoms with Crippen molar-refractivity contribution in [1.29, 1.82) is 0 Å². The number of piperidine rings is 1. The second-order valence-corrected chi connectivity index (χ2v) is 10.5. The SMILES string of the molecule is C1CCC(C2(N3CCCNCC3)CCNC2(N2CCCCC2)N2CCNCC2)CC1. The van der Waals surface area contributed by atoms with Crippen LogP contribution in [0.1, 0.15) is 64.2 Å². The molecule has 0 radical (unpaired) electrons. The highest BCUT2D eigenvalue weighted by molar-refractivity contribution is 5.19. The Balaban J connectivity index is 1.60. The average molecular weight is 419 g/mol. The molecule has 4 heterocycles. The number of nitrogens with one attached hydrogen (secondary N) is 3. The predicted octanol–water partition coefficient (Wildman–Crippen LogP) is 1.64. The molecule has 0 aromatic heterocycles. The molecule has 0 bridgehead atoms. The summed E-state index contributed by atoms with van der Waals surface area (Å²) in [5.74, 6) is 0.859. The van der Waals surface area contributed by atoms with Gasteiger partial charge in [-0.1, -0.05) is 25.7 Å². The fraction of sp³-hybridized carbons (Fsp3) is 1.00. The molecular formula is C24H46N6. The maximum atomic E-state index is 4.28. The molecule has 172 valence electrons. The van der Waals surface area contributed by atoms with Gasteiger partial charge in [-0.15, -0.1) is 0 Å². The minimum Gasteiger partial charge on any atom is -0.315 e. The first-order chi connectivity index (χ1) is 14.9. The lowest BCUT2D eigenvalue weighted by atomic mass is 9.67. The van der Waals surface area contributed by atoms with Crippen LogP contribution in [0.3, 0.4) is 0 Å². The number of rotatable bonds is 4. The van der Waals surface area contributed by atoms with Crippen molar-refractivity contribution in [3.8, 4) is 0 Å². The van der Waals surface area contributed by atoms with E-state index in [2.05, 4.69) is 30.7 Å². The molecule has 3 N–H and O–H groups in total. The monoisotopic (exact) mass is 418 g/mol. The quantitative estimate of drug-likeness (QED) is 0.645. The summed E-state index contributed by atoms with van der Waals surface area (Å²) in [5.41, 5.74) is 0.258. The first kappa shape index (κ1) is 21.6. The Morgan fingerprint density at radius 3 is 1.90 bits per heavy atom. The molecule has 1 aliphatic carbocycles. The van der Waals surface area contributed by atoms with Gasteiger partial charge in [0.05, 0.1) is 5.54 Å². The normalized spacial score (nSPS) is 39.2. The molecule has 5 fully saturated rings. The summed E-state index contributed by atoms with van der Waals surface area (Å²) in [6, 6.07) is 0. The molecule has 4 saturated heterocycles. The second-order valence-electron chi connectivity index (χ2n) is 10.5. The van der Waals surface area contributed by atoms with Crippen LogP contribution >= 0.6 is 0 Å². The van der Waals surface area contributed by atoms with Gasteiger partial charge in [0.1, 0.15) is 5.79 Å². The number of piperazine rings is 1. The van der Waals surface area contributed by atoms with E-state index in [0.29, 0.717) is 0 Å². The predicted molar refractivity (Wildman–Crippen MR) is 124 cm³/mol. The fourth-order valence-corrected chi connectivity index (χ4v) is 7.88. The van der Waals surface area contributed by atoms with Gasteiger partial charge in [-0.05, 0) is 51.0 Å². The minimum atomic E-state index is 0.0296. The van der Waals surface area contributed by atoms with Crippen molar-refractivity contribution in [3.05, 3.63) is 0 Å². The maximum absolute atomic E-state index is 4.28. The zero-order valence-electron chi connectivity index (χ0n) is 19.3. The highest BCUT2D eigenvalue weighted by Gasteiger charge is 2.66. The summed E-state index contributed by atoms with van der Waals surface area (Å²) in [5, 5.41) is 11.6. The van der Waals surface area contributed by atoms with Gasteiger partial charge in [0, 0.05) is 65.4 Å². The highest BCUT2D eigenvalue weighted by atomic mass is 15.6. The first-order valence-corrected chi connectivity index (χ1v) is 13.3. The van der Waals surface area contributed by atoms with Crippen LogP contribution in [-0.2, 0) is 0 Å². The van der Waals surface area contributed by atoms with Crippen LogP contribution in [0.25, 0.3) is 0 Å². The molecule has 4 aliphatic heterocycles. The largest absolute Gasteiger partial charge is 0.315 e. The van der Waals surface area contributed by atoms with Crippen LogP contribution in [0.5, 0.6) is 0 Å². The molecule has 5 aliphatic rings. The number of hydrogen-bond acceptors (Lipinski definition) is 6. The van der Waals surface area contributed by atoms with Crippen molar-refractivity contribution in [3.63, 3.8) is 0 Å². The smallest absolute Gasteiger partial charge is 0.148 e. The average Bonchev–Trinajstić information content (AvgIpc) is 3.03. The van der Waals surface area contributed by atoms with Crippen molar-refractivity contribution in [2.75, 3.05) is 72.0 Å². The standard InChI is InChI=1S/C24H46N6/c1-3-8-22(9-4-1)23(28-18-7-11-25-13-19-28)10-12-27-24(23,29-16-5-2-6-17-29)30-20-14-26-15-21-30/h22,25-27H,1-21H2. The van der Waals surface area contributed by atoms with E-state index in [1.807, 2.05) is 0 Å². The van der Waals surface area contributed by atoms with Gasteiger partial charge in [-0.25, -0.2) is 0 Å². The van der Waals surface area contributed by atoms with Crippen molar-refractivity contribution in [1.82, 2.24) is 30.7 Å². The molecule has 2 unspecified atom stereocenters. The Labute approximate surface area is 184 Å². The van der Waals surface area contributed by atoms with Gasteiger partial charge in [0.25, 0.3) is 0 Å². The number of nitrogens with zero attached hydrogens (tertiary/aromatic N) is 3. The van der Waals surface area contributed by atoms with E-state index in [1.165, 1.54) is 117 Å². The molecule has 30 heavy (non-hydrogen) atoms. The Hall–Kier alpha value is -0.240. The zero-order valence-corrected chi connectivity index (χ0v) is 19.3. The second kappa shape index (κ2) is 9.72. The van der Waals surface area contributed by atoms with Crippen LogP contribution < -0.4 is 16.0 Å². The summed E-state index contributed by atoms with van der Waals surface area (Å²) in [6.07, 6.45) is 14.0. The van der Waals surface area contributed by atoms with Crippen molar-refractivity contribution in [2.45, 2.75) is 75.5 Å². The van der Waals surface area contributed by atoms with E-state index in [4.69, 9.17) is 0 Å². The van der Waals surface area contributed by atoms with E-state index < -0.39 is 0 Å². The molecule has 0 aromatic carbocycles. The Morgan fingerprint density at radius 1 is 0.533 bits per heavy atom. The summed E-state index contributed by atoms with van der Waals surface area (Å²) >= 11 is 0. The minimum absolute atomic E-state index is 0.0296. The van der Waals surface area contributed by atoms with Crippen LogP contribution in [0.15, 0.2) is 0 Å². The van der Waals surface area contributed by atoms with Gasteiger partial charge in [-0.2, -0.15) is 0 Å². The third-order valence-corrected chi connectivity index (χ3v) is 9.05. The molecule has 0 amide bonds. The van der Waals surface area contributed by atoms with E-state index in [1.54, 1.807) is 0 Å². The van der Waals surface area contributed by atoms with Crippen LogP contribution in [0.4, 0.5) is 0 Å².